The molecule has 2 aromatic heterocycles. The van der Waals surface area contributed by atoms with Gasteiger partial charge in [-0.15, -0.1) is 0 Å². The average Bonchev–Trinajstić information content (AvgIpc) is 2.97. The van der Waals surface area contributed by atoms with Gasteiger partial charge in [-0.05, 0) is 43.3 Å². The van der Waals surface area contributed by atoms with E-state index in [1.54, 1.807) is 37.5 Å². The van der Waals surface area contributed by atoms with Gasteiger partial charge in [-0.2, -0.15) is 0 Å². The number of pyridine rings is 1. The van der Waals surface area contributed by atoms with Crippen molar-refractivity contribution in [2.24, 2.45) is 0 Å². The number of carbonyl (C=O) groups is 1. The second-order valence-corrected chi connectivity index (χ2v) is 4.73. The molecule has 1 aromatic carbocycles. The molecule has 1 N–H and O–H groups in total. The summed E-state index contributed by atoms with van der Waals surface area (Å²) in [7, 11) is 0. The van der Waals surface area contributed by atoms with Crippen LogP contribution in [0.25, 0.3) is 10.9 Å². The van der Waals surface area contributed by atoms with Crippen LogP contribution in [-0.4, -0.2) is 10.9 Å². The first-order valence-corrected chi connectivity index (χ1v) is 6.51. The minimum Gasteiger partial charge on any atom is -0.467 e. The van der Waals surface area contributed by atoms with Crippen molar-refractivity contribution in [2.45, 2.75) is 13.5 Å². The highest BCUT2D eigenvalue weighted by Crippen LogP contribution is 2.19. The van der Waals surface area contributed by atoms with Crippen LogP contribution in [0.4, 0.5) is 4.39 Å². The van der Waals surface area contributed by atoms with E-state index in [0.717, 1.165) is 0 Å². The number of fused-ring (bicyclic) bond motifs is 1. The number of carbonyl (C=O) groups excluding carboxylic acids is 1. The number of nitrogens with one attached hydrogen (secondary N) is 1. The highest BCUT2D eigenvalue weighted by molar-refractivity contribution is 6.06. The van der Waals surface area contributed by atoms with E-state index >= 15 is 0 Å². The maximum Gasteiger partial charge on any atom is 0.252 e. The highest BCUT2D eigenvalue weighted by Gasteiger charge is 2.13. The molecule has 1 amide bonds. The van der Waals surface area contributed by atoms with Crippen molar-refractivity contribution in [3.63, 3.8) is 0 Å². The van der Waals surface area contributed by atoms with E-state index in [4.69, 9.17) is 4.42 Å². The van der Waals surface area contributed by atoms with E-state index in [-0.39, 0.29) is 12.5 Å². The van der Waals surface area contributed by atoms with Gasteiger partial charge in [0.2, 0.25) is 0 Å². The summed E-state index contributed by atoms with van der Waals surface area (Å²) in [5.74, 6) is -0.0228. The molecule has 21 heavy (non-hydrogen) atoms. The standard InChI is InChI=1S/C16H13FN2O2/c1-10-7-14(13-8-11(17)4-5-15(13)19-10)16(20)18-9-12-3-2-6-21-12/h2-8H,9H2,1H3,(H,18,20). The van der Waals surface area contributed by atoms with Crippen molar-refractivity contribution < 1.29 is 13.6 Å². The van der Waals surface area contributed by atoms with Crippen molar-refractivity contribution in [2.75, 3.05) is 0 Å². The number of aromatic nitrogens is 1. The number of rotatable bonds is 3. The van der Waals surface area contributed by atoms with Crippen molar-refractivity contribution >= 4 is 16.8 Å². The van der Waals surface area contributed by atoms with Crippen LogP contribution in [0.1, 0.15) is 21.8 Å². The lowest BCUT2D eigenvalue weighted by atomic mass is 10.1. The fourth-order valence-corrected chi connectivity index (χ4v) is 2.19. The number of furan rings is 1. The summed E-state index contributed by atoms with van der Waals surface area (Å²) in [6.45, 7) is 2.08. The summed E-state index contributed by atoms with van der Waals surface area (Å²) >= 11 is 0. The Balaban J connectivity index is 1.94. The molecule has 0 atom stereocenters. The van der Waals surface area contributed by atoms with Gasteiger partial charge in [0, 0.05) is 11.1 Å². The summed E-state index contributed by atoms with van der Waals surface area (Å²) in [5.41, 5.74) is 1.71. The molecule has 2 heterocycles. The van der Waals surface area contributed by atoms with Gasteiger partial charge in [0.15, 0.2) is 0 Å². The molecular formula is C16H13FN2O2. The first kappa shape index (κ1) is 13.3. The second-order valence-electron chi connectivity index (χ2n) is 4.73. The number of nitrogens with zero attached hydrogens (tertiary/aromatic N) is 1. The van der Waals surface area contributed by atoms with Gasteiger partial charge >= 0.3 is 0 Å². The van der Waals surface area contributed by atoms with Gasteiger partial charge in [-0.3, -0.25) is 9.78 Å². The number of aryl methyl sites for hydroxylation is 1. The van der Waals surface area contributed by atoms with Gasteiger partial charge in [-0.25, -0.2) is 4.39 Å². The maximum atomic E-state index is 13.4. The third-order valence-electron chi connectivity index (χ3n) is 3.15. The molecule has 0 bridgehead atoms. The van der Waals surface area contributed by atoms with E-state index in [2.05, 4.69) is 10.3 Å². The molecule has 0 unspecified atom stereocenters. The third-order valence-corrected chi connectivity index (χ3v) is 3.15. The molecule has 0 saturated carbocycles. The van der Waals surface area contributed by atoms with Crippen LogP contribution in [0.2, 0.25) is 0 Å². The normalized spacial score (nSPS) is 10.8. The smallest absolute Gasteiger partial charge is 0.252 e. The Morgan fingerprint density at radius 1 is 1.33 bits per heavy atom. The molecule has 0 saturated heterocycles. The summed E-state index contributed by atoms with van der Waals surface area (Å²) in [5, 5.41) is 3.25. The van der Waals surface area contributed by atoms with Gasteiger partial charge in [0.25, 0.3) is 5.91 Å². The monoisotopic (exact) mass is 284 g/mol. The lowest BCUT2D eigenvalue weighted by Crippen LogP contribution is -2.23. The molecule has 0 spiro atoms. The second kappa shape index (κ2) is 5.36. The molecule has 0 fully saturated rings. The Labute approximate surface area is 120 Å². The lowest BCUT2D eigenvalue weighted by Gasteiger charge is -2.08. The van der Waals surface area contributed by atoms with E-state index in [9.17, 15) is 9.18 Å². The molecule has 0 radical (unpaired) electrons. The molecule has 4 nitrogen and oxygen atoms in total. The van der Waals surface area contributed by atoms with Crippen LogP contribution >= 0.6 is 0 Å². The molecule has 0 aliphatic rings. The van der Waals surface area contributed by atoms with Crippen molar-refractivity contribution in [1.82, 2.24) is 10.3 Å². The van der Waals surface area contributed by atoms with E-state index < -0.39 is 5.82 Å². The van der Waals surface area contributed by atoms with Crippen LogP contribution in [0.15, 0.2) is 47.1 Å². The minimum atomic E-state index is -0.395. The molecule has 3 rings (SSSR count). The Bertz CT molecular complexity index is 797. The van der Waals surface area contributed by atoms with Crippen LogP contribution in [0.5, 0.6) is 0 Å². The summed E-state index contributed by atoms with van der Waals surface area (Å²) in [4.78, 5) is 16.6. The Hall–Kier alpha value is -2.69. The largest absolute Gasteiger partial charge is 0.467 e. The van der Waals surface area contributed by atoms with Crippen LogP contribution in [-0.2, 0) is 6.54 Å². The average molecular weight is 284 g/mol. The molecule has 5 heteroatoms. The number of hydrogen-bond acceptors (Lipinski definition) is 3. The van der Waals surface area contributed by atoms with Crippen molar-refractivity contribution in [3.05, 3.63) is 65.5 Å². The van der Waals surface area contributed by atoms with Crippen LogP contribution in [0.3, 0.4) is 0 Å². The minimum absolute atomic E-state index is 0.282. The Morgan fingerprint density at radius 2 is 2.19 bits per heavy atom. The summed E-state index contributed by atoms with van der Waals surface area (Å²) < 4.78 is 18.6. The number of halogens is 1. The zero-order chi connectivity index (χ0) is 14.8. The fourth-order valence-electron chi connectivity index (χ4n) is 2.19. The number of benzene rings is 1. The first-order valence-electron chi connectivity index (χ1n) is 6.51. The first-order chi connectivity index (χ1) is 10.1. The van der Waals surface area contributed by atoms with Gasteiger partial charge in [-0.1, -0.05) is 0 Å². The molecule has 0 aliphatic heterocycles. The lowest BCUT2D eigenvalue weighted by molar-refractivity contribution is 0.0949. The third kappa shape index (κ3) is 2.76. The van der Waals surface area contributed by atoms with Crippen LogP contribution < -0.4 is 5.32 Å². The van der Waals surface area contributed by atoms with E-state index in [1.807, 2.05) is 0 Å². The Morgan fingerprint density at radius 3 is 2.95 bits per heavy atom. The number of hydrogen-bond donors (Lipinski definition) is 1. The van der Waals surface area contributed by atoms with Crippen LogP contribution in [0, 0.1) is 12.7 Å². The molecular weight excluding hydrogens is 271 g/mol. The zero-order valence-corrected chi connectivity index (χ0v) is 11.4. The van der Waals surface area contributed by atoms with Gasteiger partial charge in [0.1, 0.15) is 11.6 Å². The summed E-state index contributed by atoms with van der Waals surface area (Å²) in [6, 6.07) is 9.40. The highest BCUT2D eigenvalue weighted by atomic mass is 19.1. The predicted molar refractivity (Wildman–Crippen MR) is 76.3 cm³/mol. The van der Waals surface area contributed by atoms with Crippen molar-refractivity contribution in [1.29, 1.82) is 0 Å². The van der Waals surface area contributed by atoms with Crippen molar-refractivity contribution in [3.8, 4) is 0 Å². The van der Waals surface area contributed by atoms with Gasteiger partial charge < -0.3 is 9.73 Å². The Kier molecular flexibility index (Phi) is 3.39. The maximum absolute atomic E-state index is 13.4. The van der Waals surface area contributed by atoms with E-state index in [1.165, 1.54) is 12.1 Å². The molecule has 106 valence electrons. The van der Waals surface area contributed by atoms with E-state index in [0.29, 0.717) is 27.9 Å². The fraction of sp³-hybridized carbons (Fsp3) is 0.125. The quantitative estimate of drug-likeness (QED) is 0.803. The molecule has 3 aromatic rings. The predicted octanol–water partition coefficient (Wildman–Crippen LogP) is 3.21. The topological polar surface area (TPSA) is 55.1 Å². The summed E-state index contributed by atoms with van der Waals surface area (Å²) in [6.07, 6.45) is 1.54. The van der Waals surface area contributed by atoms with Gasteiger partial charge in [0.05, 0.1) is 23.9 Å². The SMILES string of the molecule is Cc1cc(C(=O)NCc2ccco2)c2cc(F)ccc2n1. The number of amides is 1. The zero-order valence-electron chi connectivity index (χ0n) is 11.4. The molecule has 0 aliphatic carbocycles.